The van der Waals surface area contributed by atoms with Crippen molar-refractivity contribution in [3.05, 3.63) is 0 Å². The molecule has 0 aromatic carbocycles. The third kappa shape index (κ3) is 3.80. The number of rotatable bonds is 2. The molecule has 7 heteroatoms. The fourth-order valence-corrected chi connectivity index (χ4v) is 2.12. The lowest BCUT2D eigenvalue weighted by Crippen LogP contribution is -2.57. The smallest absolute Gasteiger partial charge is 0.410 e. The SMILES string of the molecule is COC(=O)C(F)(F)C1CCCCN1C(=O)OC(C)(C)C. The summed E-state index contributed by atoms with van der Waals surface area (Å²) < 4.78 is 37.3. The van der Waals surface area contributed by atoms with Crippen molar-refractivity contribution in [2.24, 2.45) is 0 Å². The molecule has 1 aliphatic rings. The van der Waals surface area contributed by atoms with Crippen LogP contribution in [-0.2, 0) is 14.3 Å². The monoisotopic (exact) mass is 293 g/mol. The molecule has 1 aliphatic heterocycles. The van der Waals surface area contributed by atoms with Crippen LogP contribution in [0.3, 0.4) is 0 Å². The van der Waals surface area contributed by atoms with Gasteiger partial charge in [0.15, 0.2) is 0 Å². The summed E-state index contributed by atoms with van der Waals surface area (Å²) in [4.78, 5) is 24.2. The van der Waals surface area contributed by atoms with Crippen LogP contribution in [0.15, 0.2) is 0 Å². The number of likely N-dealkylation sites (tertiary alicyclic amines) is 1. The topological polar surface area (TPSA) is 55.8 Å². The van der Waals surface area contributed by atoms with Gasteiger partial charge in [-0.1, -0.05) is 0 Å². The van der Waals surface area contributed by atoms with Crippen LogP contribution in [0, 0.1) is 0 Å². The van der Waals surface area contributed by atoms with E-state index in [1.807, 2.05) is 0 Å². The number of carbonyl (C=O) groups excluding carboxylic acids is 2. The van der Waals surface area contributed by atoms with Crippen LogP contribution in [0.4, 0.5) is 13.6 Å². The van der Waals surface area contributed by atoms with Gasteiger partial charge < -0.3 is 9.47 Å². The highest BCUT2D eigenvalue weighted by atomic mass is 19.3. The van der Waals surface area contributed by atoms with Crippen molar-refractivity contribution in [1.82, 2.24) is 4.90 Å². The summed E-state index contributed by atoms with van der Waals surface area (Å²) in [7, 11) is 0.900. The van der Waals surface area contributed by atoms with E-state index < -0.39 is 29.6 Å². The molecule has 1 fully saturated rings. The van der Waals surface area contributed by atoms with Crippen molar-refractivity contribution in [1.29, 1.82) is 0 Å². The van der Waals surface area contributed by atoms with Gasteiger partial charge >= 0.3 is 18.0 Å². The largest absolute Gasteiger partial charge is 0.465 e. The Balaban J connectivity index is 2.92. The summed E-state index contributed by atoms with van der Waals surface area (Å²) in [5, 5.41) is 0. The molecule has 1 amide bonds. The quantitative estimate of drug-likeness (QED) is 0.734. The van der Waals surface area contributed by atoms with Gasteiger partial charge in [0.25, 0.3) is 0 Å². The first-order chi connectivity index (χ1) is 9.09. The van der Waals surface area contributed by atoms with E-state index in [1.165, 1.54) is 0 Å². The van der Waals surface area contributed by atoms with Crippen LogP contribution in [0.2, 0.25) is 0 Å². The van der Waals surface area contributed by atoms with Crippen molar-refractivity contribution in [3.8, 4) is 0 Å². The lowest BCUT2D eigenvalue weighted by molar-refractivity contribution is -0.180. The second-order valence-electron chi connectivity index (χ2n) is 5.80. The van der Waals surface area contributed by atoms with Gasteiger partial charge in [-0.15, -0.1) is 0 Å². The van der Waals surface area contributed by atoms with Crippen molar-refractivity contribution >= 4 is 12.1 Å². The van der Waals surface area contributed by atoms with Crippen molar-refractivity contribution in [2.45, 2.75) is 57.6 Å². The summed E-state index contributed by atoms with van der Waals surface area (Å²) in [6, 6.07) is -1.52. The maximum Gasteiger partial charge on any atom is 0.410 e. The Hall–Kier alpha value is -1.40. The van der Waals surface area contributed by atoms with Crippen LogP contribution in [0.5, 0.6) is 0 Å². The lowest BCUT2D eigenvalue weighted by Gasteiger charge is -2.39. The zero-order valence-electron chi connectivity index (χ0n) is 12.2. The number of ether oxygens (including phenoxy) is 2. The van der Waals surface area contributed by atoms with Gasteiger partial charge in [0, 0.05) is 6.54 Å². The van der Waals surface area contributed by atoms with Gasteiger partial charge in [-0.2, -0.15) is 8.78 Å². The van der Waals surface area contributed by atoms with Crippen molar-refractivity contribution in [3.63, 3.8) is 0 Å². The number of esters is 1. The molecule has 0 aromatic heterocycles. The highest BCUT2D eigenvalue weighted by molar-refractivity contribution is 5.80. The Bertz CT molecular complexity index is 379. The van der Waals surface area contributed by atoms with E-state index in [0.29, 0.717) is 12.8 Å². The van der Waals surface area contributed by atoms with E-state index in [0.717, 1.165) is 12.0 Å². The van der Waals surface area contributed by atoms with Crippen molar-refractivity contribution < 1.29 is 27.8 Å². The van der Waals surface area contributed by atoms with E-state index in [2.05, 4.69) is 4.74 Å². The highest BCUT2D eigenvalue weighted by Crippen LogP contribution is 2.32. The number of hydrogen-bond acceptors (Lipinski definition) is 4. The molecule has 0 aromatic rings. The van der Waals surface area contributed by atoms with Gasteiger partial charge in [-0.3, -0.25) is 4.90 Å². The molecule has 1 heterocycles. The molecule has 116 valence electrons. The summed E-state index contributed by atoms with van der Waals surface area (Å²) in [6.07, 6.45) is 0.344. The van der Waals surface area contributed by atoms with Crippen LogP contribution in [-0.4, -0.2) is 48.2 Å². The van der Waals surface area contributed by atoms with Gasteiger partial charge in [0.1, 0.15) is 11.6 Å². The summed E-state index contributed by atoms with van der Waals surface area (Å²) >= 11 is 0. The molecule has 0 spiro atoms. The predicted molar refractivity (Wildman–Crippen MR) is 67.5 cm³/mol. The maximum atomic E-state index is 14.0. The molecule has 0 radical (unpaired) electrons. The Morgan fingerprint density at radius 2 is 1.80 bits per heavy atom. The number of alkyl halides is 2. The van der Waals surface area contributed by atoms with E-state index in [4.69, 9.17) is 4.74 Å². The average Bonchev–Trinajstić information content (AvgIpc) is 2.35. The Morgan fingerprint density at radius 1 is 1.20 bits per heavy atom. The van der Waals surface area contributed by atoms with Gasteiger partial charge in [0.05, 0.1) is 7.11 Å². The van der Waals surface area contributed by atoms with Crippen LogP contribution < -0.4 is 0 Å². The average molecular weight is 293 g/mol. The molecule has 20 heavy (non-hydrogen) atoms. The van der Waals surface area contributed by atoms with Crippen molar-refractivity contribution in [2.75, 3.05) is 13.7 Å². The minimum atomic E-state index is -3.73. The van der Waals surface area contributed by atoms with Crippen LogP contribution in [0.25, 0.3) is 0 Å². The number of halogens is 2. The van der Waals surface area contributed by atoms with Gasteiger partial charge in [0.2, 0.25) is 0 Å². The fourth-order valence-electron chi connectivity index (χ4n) is 2.12. The molecule has 1 saturated heterocycles. The Kier molecular flexibility index (Phi) is 4.94. The number of methoxy groups -OCH3 is 1. The third-order valence-electron chi connectivity index (χ3n) is 3.01. The van der Waals surface area contributed by atoms with Crippen LogP contribution >= 0.6 is 0 Å². The van der Waals surface area contributed by atoms with E-state index in [9.17, 15) is 18.4 Å². The second-order valence-corrected chi connectivity index (χ2v) is 5.80. The normalized spacial score (nSPS) is 20.5. The number of carbonyl (C=O) groups is 2. The summed E-state index contributed by atoms with van der Waals surface area (Å²) in [5.41, 5.74) is -0.778. The van der Waals surface area contributed by atoms with Crippen LogP contribution in [0.1, 0.15) is 40.0 Å². The summed E-state index contributed by atoms with van der Waals surface area (Å²) in [5.74, 6) is -5.36. The number of amides is 1. The zero-order valence-corrected chi connectivity index (χ0v) is 12.2. The molecule has 0 bridgehead atoms. The first-order valence-corrected chi connectivity index (χ1v) is 6.55. The molecule has 1 unspecified atom stereocenters. The number of piperidine rings is 1. The third-order valence-corrected chi connectivity index (χ3v) is 3.01. The first-order valence-electron chi connectivity index (χ1n) is 6.55. The summed E-state index contributed by atoms with van der Waals surface area (Å²) in [6.45, 7) is 5.11. The molecule has 5 nitrogen and oxygen atoms in total. The molecular formula is C13H21F2NO4. The molecule has 0 N–H and O–H groups in total. The fraction of sp³-hybridized carbons (Fsp3) is 0.846. The standard InChI is InChI=1S/C13H21F2NO4/c1-12(2,3)20-11(18)16-8-6-5-7-9(16)13(14,15)10(17)19-4/h9H,5-8H2,1-4H3. The van der Waals surface area contributed by atoms with E-state index in [-0.39, 0.29) is 13.0 Å². The highest BCUT2D eigenvalue weighted by Gasteiger charge is 2.53. The first kappa shape index (κ1) is 16.7. The molecular weight excluding hydrogens is 272 g/mol. The number of hydrogen-bond donors (Lipinski definition) is 0. The molecule has 1 atom stereocenters. The Labute approximate surface area is 117 Å². The second kappa shape index (κ2) is 5.93. The predicted octanol–water partition coefficient (Wildman–Crippen LogP) is 2.58. The van der Waals surface area contributed by atoms with Gasteiger partial charge in [-0.25, -0.2) is 9.59 Å². The van der Waals surface area contributed by atoms with Gasteiger partial charge in [-0.05, 0) is 40.0 Å². The number of nitrogens with zero attached hydrogens (tertiary/aromatic N) is 1. The maximum absolute atomic E-state index is 14.0. The minimum absolute atomic E-state index is 0.0430. The van der Waals surface area contributed by atoms with E-state index in [1.54, 1.807) is 20.8 Å². The zero-order chi connectivity index (χ0) is 15.6. The Morgan fingerprint density at radius 3 is 2.30 bits per heavy atom. The van der Waals surface area contributed by atoms with E-state index >= 15 is 0 Å². The molecule has 0 saturated carbocycles. The molecule has 0 aliphatic carbocycles. The lowest BCUT2D eigenvalue weighted by atomic mass is 9.97. The minimum Gasteiger partial charge on any atom is -0.465 e. The molecule has 1 rings (SSSR count).